The van der Waals surface area contributed by atoms with Gasteiger partial charge in [-0.3, -0.25) is 9.59 Å². The highest BCUT2D eigenvalue weighted by atomic mass is 35.5. The van der Waals surface area contributed by atoms with Crippen LogP contribution in [0.15, 0.2) is 83.0 Å². The quantitative estimate of drug-likeness (QED) is 0.207. The number of rotatable bonds is 10. The summed E-state index contributed by atoms with van der Waals surface area (Å²) in [5, 5.41) is 12.3. The van der Waals surface area contributed by atoms with Crippen LogP contribution in [0.3, 0.4) is 0 Å². The number of anilines is 1. The minimum absolute atomic E-state index is 0.176. The summed E-state index contributed by atoms with van der Waals surface area (Å²) in [5.74, 6) is -0.495. The average Bonchev–Trinajstić information content (AvgIpc) is 2.82. The molecule has 0 aromatic heterocycles. The molecule has 0 fully saturated rings. The third kappa shape index (κ3) is 8.69. The first-order valence-corrected chi connectivity index (χ1v) is 11.3. The number of amides is 2. The van der Waals surface area contributed by atoms with E-state index in [1.807, 2.05) is 18.2 Å². The number of hydrogen-bond acceptors (Lipinski definition) is 5. The summed E-state index contributed by atoms with van der Waals surface area (Å²) < 4.78 is 0. The molecule has 0 bridgehead atoms. The fourth-order valence-corrected chi connectivity index (χ4v) is 3.26. The van der Waals surface area contributed by atoms with Gasteiger partial charge in [0.25, 0.3) is 5.91 Å². The molecule has 3 N–H and O–H groups in total. The van der Waals surface area contributed by atoms with Crippen LogP contribution in [0, 0.1) is 0 Å². The molecule has 0 atom stereocenters. The van der Waals surface area contributed by atoms with Gasteiger partial charge in [-0.2, -0.15) is 10.2 Å². The highest BCUT2D eigenvalue weighted by Crippen LogP contribution is 2.11. The van der Waals surface area contributed by atoms with Crippen molar-refractivity contribution in [2.24, 2.45) is 10.2 Å². The molecule has 0 aliphatic carbocycles. The van der Waals surface area contributed by atoms with Gasteiger partial charge in [0.05, 0.1) is 12.4 Å². The Bertz CT molecular complexity index is 1180. The van der Waals surface area contributed by atoms with E-state index in [2.05, 4.69) is 26.4 Å². The molecule has 0 heterocycles. The molecule has 9 heteroatoms. The molecule has 0 saturated heterocycles. The van der Waals surface area contributed by atoms with Crippen molar-refractivity contribution in [3.63, 3.8) is 0 Å². The molecular formula is C25H23Cl2N5O2. The maximum Gasteiger partial charge on any atom is 0.271 e. The number of benzene rings is 3. The van der Waals surface area contributed by atoms with Gasteiger partial charge in [0.2, 0.25) is 5.91 Å². The van der Waals surface area contributed by atoms with E-state index in [1.165, 1.54) is 6.21 Å². The van der Waals surface area contributed by atoms with Crippen LogP contribution in [0.5, 0.6) is 0 Å². The van der Waals surface area contributed by atoms with Crippen LogP contribution < -0.4 is 16.2 Å². The zero-order chi connectivity index (χ0) is 24.2. The summed E-state index contributed by atoms with van der Waals surface area (Å²) in [6, 6.07) is 21.3. The first kappa shape index (κ1) is 25.0. The molecule has 0 radical (unpaired) electrons. The number of nitrogens with one attached hydrogen (secondary N) is 3. The van der Waals surface area contributed by atoms with Gasteiger partial charge in [-0.15, -0.1) is 0 Å². The third-order valence-electron chi connectivity index (χ3n) is 4.54. The Morgan fingerprint density at radius 3 is 1.97 bits per heavy atom. The van der Waals surface area contributed by atoms with Crippen LogP contribution in [0.4, 0.5) is 5.69 Å². The van der Waals surface area contributed by atoms with E-state index in [-0.39, 0.29) is 11.8 Å². The summed E-state index contributed by atoms with van der Waals surface area (Å²) >= 11 is 11.8. The van der Waals surface area contributed by atoms with Gasteiger partial charge in [0.1, 0.15) is 0 Å². The minimum atomic E-state index is -0.320. The predicted molar refractivity (Wildman–Crippen MR) is 138 cm³/mol. The molecule has 7 nitrogen and oxygen atoms in total. The molecule has 3 rings (SSSR count). The Morgan fingerprint density at radius 1 is 0.794 bits per heavy atom. The van der Waals surface area contributed by atoms with E-state index >= 15 is 0 Å². The first-order chi connectivity index (χ1) is 16.5. The first-order valence-electron chi connectivity index (χ1n) is 10.5. The van der Waals surface area contributed by atoms with Gasteiger partial charge in [0.15, 0.2) is 0 Å². The monoisotopic (exact) mass is 495 g/mol. The summed E-state index contributed by atoms with van der Waals surface area (Å²) in [4.78, 5) is 24.1. The smallest absolute Gasteiger partial charge is 0.271 e. The van der Waals surface area contributed by atoms with E-state index < -0.39 is 0 Å². The van der Waals surface area contributed by atoms with Crippen LogP contribution in [0.2, 0.25) is 10.0 Å². The Labute approximate surface area is 207 Å². The zero-order valence-corrected chi connectivity index (χ0v) is 19.7. The predicted octanol–water partition coefficient (Wildman–Crippen LogP) is 5.10. The van der Waals surface area contributed by atoms with Crippen molar-refractivity contribution in [2.45, 2.75) is 12.8 Å². The fourth-order valence-electron chi connectivity index (χ4n) is 2.86. The summed E-state index contributed by atoms with van der Waals surface area (Å²) in [6.45, 7) is 0.598. The van der Waals surface area contributed by atoms with Gasteiger partial charge in [-0.05, 0) is 66.1 Å². The molecular weight excluding hydrogens is 473 g/mol. The molecule has 174 valence electrons. The van der Waals surface area contributed by atoms with Crippen LogP contribution in [-0.2, 0) is 4.79 Å². The summed E-state index contributed by atoms with van der Waals surface area (Å²) in [7, 11) is 0. The van der Waals surface area contributed by atoms with Crippen molar-refractivity contribution in [3.8, 4) is 0 Å². The van der Waals surface area contributed by atoms with Gasteiger partial charge in [-0.1, -0.05) is 47.5 Å². The number of carbonyl (C=O) groups excluding carboxylic acids is 2. The van der Waals surface area contributed by atoms with Gasteiger partial charge < -0.3 is 5.32 Å². The highest BCUT2D eigenvalue weighted by molar-refractivity contribution is 6.31. The van der Waals surface area contributed by atoms with Crippen LogP contribution >= 0.6 is 23.2 Å². The van der Waals surface area contributed by atoms with Crippen LogP contribution in [0.1, 0.15) is 34.3 Å². The second-order valence-electron chi connectivity index (χ2n) is 7.21. The molecule has 3 aromatic rings. The van der Waals surface area contributed by atoms with Crippen molar-refractivity contribution in [3.05, 3.63) is 99.5 Å². The molecule has 0 unspecified atom stereocenters. The second-order valence-corrected chi connectivity index (χ2v) is 8.08. The van der Waals surface area contributed by atoms with E-state index in [0.717, 1.165) is 16.8 Å². The SMILES string of the molecule is O=C(CCCNc1ccc(C(=O)N/N=C/c2cccc(Cl)c2)cc1)N/N=C/c1cccc(Cl)c1. The molecule has 2 amide bonds. The molecule has 0 aliphatic heterocycles. The topological polar surface area (TPSA) is 95.0 Å². The van der Waals surface area contributed by atoms with Crippen molar-refractivity contribution in [1.82, 2.24) is 10.9 Å². The maximum atomic E-state index is 12.2. The molecule has 0 saturated carbocycles. The average molecular weight is 496 g/mol. The fraction of sp³-hybridized carbons (Fsp3) is 0.120. The molecule has 0 aliphatic rings. The van der Waals surface area contributed by atoms with E-state index in [0.29, 0.717) is 35.0 Å². The molecule has 3 aromatic carbocycles. The standard InChI is InChI=1S/C25H23Cl2N5O2/c26-21-6-1-4-18(14-21)16-29-31-24(33)8-3-13-28-23-11-9-20(10-12-23)25(34)32-30-17-19-5-2-7-22(27)15-19/h1-2,4-7,9-12,14-17,28H,3,8,13H2,(H,31,33)(H,32,34)/b29-16+,30-17+. The van der Waals surface area contributed by atoms with Crippen molar-refractivity contribution < 1.29 is 9.59 Å². The lowest BCUT2D eigenvalue weighted by molar-refractivity contribution is -0.121. The van der Waals surface area contributed by atoms with E-state index in [9.17, 15) is 9.59 Å². The van der Waals surface area contributed by atoms with Crippen molar-refractivity contribution in [2.75, 3.05) is 11.9 Å². The normalized spacial score (nSPS) is 11.0. The van der Waals surface area contributed by atoms with E-state index in [4.69, 9.17) is 23.2 Å². The van der Waals surface area contributed by atoms with Gasteiger partial charge in [-0.25, -0.2) is 10.9 Å². The number of nitrogens with zero attached hydrogens (tertiary/aromatic N) is 2. The number of hydrazone groups is 2. The highest BCUT2D eigenvalue weighted by Gasteiger charge is 2.04. The Morgan fingerprint density at radius 2 is 1.38 bits per heavy atom. The summed E-state index contributed by atoms with van der Waals surface area (Å²) in [6.07, 6.45) is 4.02. The minimum Gasteiger partial charge on any atom is -0.385 e. The second kappa shape index (κ2) is 13.1. The zero-order valence-electron chi connectivity index (χ0n) is 18.2. The Hall–Kier alpha value is -3.68. The Kier molecular flexibility index (Phi) is 9.64. The third-order valence-corrected chi connectivity index (χ3v) is 5.01. The summed E-state index contributed by atoms with van der Waals surface area (Å²) in [5.41, 5.74) is 7.90. The molecule has 34 heavy (non-hydrogen) atoms. The van der Waals surface area contributed by atoms with Gasteiger partial charge in [0, 0.05) is 34.3 Å². The number of hydrogen-bond donors (Lipinski definition) is 3. The lowest BCUT2D eigenvalue weighted by Crippen LogP contribution is -2.18. The van der Waals surface area contributed by atoms with Crippen LogP contribution in [-0.4, -0.2) is 30.8 Å². The van der Waals surface area contributed by atoms with E-state index in [1.54, 1.807) is 60.8 Å². The number of carbonyl (C=O) groups is 2. The van der Waals surface area contributed by atoms with Crippen LogP contribution in [0.25, 0.3) is 0 Å². The van der Waals surface area contributed by atoms with Crippen molar-refractivity contribution >= 4 is 53.1 Å². The van der Waals surface area contributed by atoms with Gasteiger partial charge >= 0.3 is 0 Å². The lowest BCUT2D eigenvalue weighted by atomic mass is 10.2. The lowest BCUT2D eigenvalue weighted by Gasteiger charge is -2.07. The Balaban J connectivity index is 1.35. The maximum absolute atomic E-state index is 12.2. The molecule has 0 spiro atoms. The number of halogens is 2. The largest absolute Gasteiger partial charge is 0.385 e. The van der Waals surface area contributed by atoms with Crippen molar-refractivity contribution in [1.29, 1.82) is 0 Å².